The predicted octanol–water partition coefficient (Wildman–Crippen LogP) is 0.990. The molecule has 1 aromatic rings. The van der Waals surface area contributed by atoms with E-state index in [0.717, 1.165) is 44.0 Å². The summed E-state index contributed by atoms with van der Waals surface area (Å²) in [5, 5.41) is 18.3. The highest BCUT2D eigenvalue weighted by atomic mass is 16.3. The molecule has 0 spiro atoms. The van der Waals surface area contributed by atoms with E-state index in [0.29, 0.717) is 5.92 Å². The largest absolute Gasteiger partial charge is 0.385 e. The van der Waals surface area contributed by atoms with Crippen LogP contribution in [0.1, 0.15) is 43.9 Å². The second-order valence-corrected chi connectivity index (χ2v) is 5.54. The van der Waals surface area contributed by atoms with E-state index in [9.17, 15) is 5.11 Å². The van der Waals surface area contributed by atoms with Gasteiger partial charge in [-0.25, -0.2) is 0 Å². The Kier molecular flexibility index (Phi) is 3.35. The van der Waals surface area contributed by atoms with E-state index < -0.39 is 6.10 Å². The quantitative estimate of drug-likeness (QED) is 0.869. The summed E-state index contributed by atoms with van der Waals surface area (Å²) in [7, 11) is 0. The van der Waals surface area contributed by atoms with Gasteiger partial charge in [0.1, 0.15) is 11.9 Å². The van der Waals surface area contributed by atoms with Crippen molar-refractivity contribution < 1.29 is 5.11 Å². The molecule has 5 heteroatoms. The zero-order chi connectivity index (χ0) is 12.5. The Balaban J connectivity index is 1.70. The second kappa shape index (κ2) is 4.97. The van der Waals surface area contributed by atoms with Crippen molar-refractivity contribution >= 4 is 0 Å². The van der Waals surface area contributed by atoms with Crippen LogP contribution < -0.4 is 0 Å². The number of fused-ring (bicyclic) bond motifs is 1. The van der Waals surface area contributed by atoms with Gasteiger partial charge in [-0.2, -0.15) is 0 Å². The first-order chi connectivity index (χ1) is 8.78. The van der Waals surface area contributed by atoms with Crippen LogP contribution in [-0.4, -0.2) is 44.4 Å². The first-order valence-electron chi connectivity index (χ1n) is 7.10. The highest BCUT2D eigenvalue weighted by molar-refractivity contribution is 5.03. The molecule has 2 unspecified atom stereocenters. The van der Waals surface area contributed by atoms with Crippen molar-refractivity contribution in [1.29, 1.82) is 0 Å². The molecular weight excluding hydrogens is 228 g/mol. The summed E-state index contributed by atoms with van der Waals surface area (Å²) < 4.78 is 2.14. The van der Waals surface area contributed by atoms with Crippen molar-refractivity contribution in [1.82, 2.24) is 19.7 Å². The monoisotopic (exact) mass is 250 g/mol. The smallest absolute Gasteiger partial charge is 0.161 e. The van der Waals surface area contributed by atoms with E-state index in [1.807, 2.05) is 0 Å². The van der Waals surface area contributed by atoms with Gasteiger partial charge in [0.2, 0.25) is 0 Å². The number of aromatic nitrogens is 3. The molecule has 3 rings (SSSR count). The van der Waals surface area contributed by atoms with Crippen molar-refractivity contribution in [2.75, 3.05) is 19.6 Å². The van der Waals surface area contributed by atoms with Gasteiger partial charge in [-0.05, 0) is 38.3 Å². The third-order valence-corrected chi connectivity index (χ3v) is 4.30. The summed E-state index contributed by atoms with van der Waals surface area (Å²) >= 11 is 0. The molecule has 1 saturated heterocycles. The molecule has 3 heterocycles. The van der Waals surface area contributed by atoms with E-state index in [4.69, 9.17) is 0 Å². The number of nitrogens with zero attached hydrogens (tertiary/aromatic N) is 4. The SMILES string of the molecule is CCN1CCC(Cc2nnc3n2CCCC3O)C1. The summed E-state index contributed by atoms with van der Waals surface area (Å²) in [6, 6.07) is 0. The van der Waals surface area contributed by atoms with Crippen LogP contribution in [0, 0.1) is 5.92 Å². The first-order valence-corrected chi connectivity index (χ1v) is 7.10. The third-order valence-electron chi connectivity index (χ3n) is 4.30. The summed E-state index contributed by atoms with van der Waals surface area (Å²) in [4.78, 5) is 2.49. The summed E-state index contributed by atoms with van der Waals surface area (Å²) in [6.07, 6.45) is 3.72. The van der Waals surface area contributed by atoms with E-state index >= 15 is 0 Å². The van der Waals surface area contributed by atoms with Gasteiger partial charge < -0.3 is 14.6 Å². The van der Waals surface area contributed by atoms with Gasteiger partial charge in [-0.3, -0.25) is 0 Å². The highest BCUT2D eigenvalue weighted by Gasteiger charge is 2.27. The lowest BCUT2D eigenvalue weighted by atomic mass is 10.0. The van der Waals surface area contributed by atoms with Crippen LogP contribution in [0.3, 0.4) is 0 Å². The van der Waals surface area contributed by atoms with E-state index in [-0.39, 0.29) is 0 Å². The Labute approximate surface area is 108 Å². The zero-order valence-electron chi connectivity index (χ0n) is 11.0. The number of hydrogen-bond acceptors (Lipinski definition) is 4. The molecule has 5 nitrogen and oxygen atoms in total. The lowest BCUT2D eigenvalue weighted by molar-refractivity contribution is 0.132. The van der Waals surface area contributed by atoms with Crippen LogP contribution in [0.25, 0.3) is 0 Å². The zero-order valence-corrected chi connectivity index (χ0v) is 11.0. The Morgan fingerprint density at radius 3 is 2.94 bits per heavy atom. The van der Waals surface area contributed by atoms with Gasteiger partial charge >= 0.3 is 0 Å². The second-order valence-electron chi connectivity index (χ2n) is 5.54. The topological polar surface area (TPSA) is 54.2 Å². The molecule has 1 fully saturated rings. The molecule has 2 aliphatic heterocycles. The summed E-state index contributed by atoms with van der Waals surface area (Å²) in [5.74, 6) is 2.56. The fourth-order valence-electron chi connectivity index (χ4n) is 3.19. The van der Waals surface area contributed by atoms with E-state index in [1.54, 1.807) is 0 Å². The van der Waals surface area contributed by atoms with Crippen LogP contribution in [-0.2, 0) is 13.0 Å². The fourth-order valence-corrected chi connectivity index (χ4v) is 3.19. The molecule has 0 bridgehead atoms. The maximum absolute atomic E-state index is 9.88. The standard InChI is InChI=1S/C13H22N4O/c1-2-16-7-5-10(9-16)8-12-14-15-13-11(18)4-3-6-17(12)13/h10-11,18H,2-9H2,1H3. The molecule has 0 aromatic carbocycles. The lowest BCUT2D eigenvalue weighted by Gasteiger charge is -2.20. The Hall–Kier alpha value is -0.940. The Morgan fingerprint density at radius 1 is 1.28 bits per heavy atom. The number of likely N-dealkylation sites (tertiary alicyclic amines) is 1. The minimum atomic E-state index is -0.407. The minimum absolute atomic E-state index is 0.407. The van der Waals surface area contributed by atoms with Crippen molar-refractivity contribution in [3.05, 3.63) is 11.6 Å². The van der Waals surface area contributed by atoms with Crippen molar-refractivity contribution in [3.63, 3.8) is 0 Å². The van der Waals surface area contributed by atoms with Crippen LogP contribution in [0.5, 0.6) is 0 Å². The molecule has 2 aliphatic rings. The van der Waals surface area contributed by atoms with Gasteiger partial charge in [0.05, 0.1) is 0 Å². The molecule has 18 heavy (non-hydrogen) atoms. The van der Waals surface area contributed by atoms with Gasteiger partial charge in [0.15, 0.2) is 5.82 Å². The maximum atomic E-state index is 9.88. The number of aliphatic hydroxyl groups excluding tert-OH is 1. The molecular formula is C13H22N4O. The van der Waals surface area contributed by atoms with Gasteiger partial charge in [-0.15, -0.1) is 10.2 Å². The van der Waals surface area contributed by atoms with E-state index in [2.05, 4.69) is 26.6 Å². The molecule has 2 atom stereocenters. The Morgan fingerprint density at radius 2 is 2.17 bits per heavy atom. The number of aliphatic hydroxyl groups is 1. The van der Waals surface area contributed by atoms with Crippen LogP contribution in [0.15, 0.2) is 0 Å². The molecule has 0 amide bonds. The van der Waals surface area contributed by atoms with E-state index in [1.165, 1.54) is 19.5 Å². The van der Waals surface area contributed by atoms with Crippen molar-refractivity contribution in [3.8, 4) is 0 Å². The number of hydrogen-bond donors (Lipinski definition) is 1. The summed E-state index contributed by atoms with van der Waals surface area (Å²) in [5.41, 5.74) is 0. The predicted molar refractivity (Wildman–Crippen MR) is 68.1 cm³/mol. The van der Waals surface area contributed by atoms with Crippen LogP contribution >= 0.6 is 0 Å². The third kappa shape index (κ3) is 2.17. The maximum Gasteiger partial charge on any atom is 0.161 e. The summed E-state index contributed by atoms with van der Waals surface area (Å²) in [6.45, 7) is 6.73. The molecule has 0 saturated carbocycles. The molecule has 1 N–H and O–H groups in total. The average molecular weight is 250 g/mol. The van der Waals surface area contributed by atoms with Crippen LogP contribution in [0.2, 0.25) is 0 Å². The highest BCUT2D eigenvalue weighted by Crippen LogP contribution is 2.26. The van der Waals surface area contributed by atoms with Gasteiger partial charge in [0.25, 0.3) is 0 Å². The number of rotatable bonds is 3. The average Bonchev–Trinajstić information content (AvgIpc) is 2.98. The minimum Gasteiger partial charge on any atom is -0.385 e. The fraction of sp³-hybridized carbons (Fsp3) is 0.846. The molecule has 0 aliphatic carbocycles. The van der Waals surface area contributed by atoms with Crippen molar-refractivity contribution in [2.24, 2.45) is 5.92 Å². The van der Waals surface area contributed by atoms with Crippen LogP contribution in [0.4, 0.5) is 0 Å². The molecule has 1 aromatic heterocycles. The normalized spacial score (nSPS) is 28.6. The molecule has 100 valence electrons. The molecule has 0 radical (unpaired) electrons. The first kappa shape index (κ1) is 12.1. The van der Waals surface area contributed by atoms with Gasteiger partial charge in [0, 0.05) is 19.5 Å². The lowest BCUT2D eigenvalue weighted by Crippen LogP contribution is -2.22. The van der Waals surface area contributed by atoms with Crippen molar-refractivity contribution in [2.45, 2.75) is 45.3 Å². The Bertz CT molecular complexity index is 417. The van der Waals surface area contributed by atoms with Gasteiger partial charge in [-0.1, -0.05) is 6.92 Å².